The van der Waals surface area contributed by atoms with E-state index in [1.807, 2.05) is 11.4 Å². The van der Waals surface area contributed by atoms with Crippen molar-refractivity contribution >= 4 is 43.2 Å². The predicted molar refractivity (Wildman–Crippen MR) is 73.5 cm³/mol. The Morgan fingerprint density at radius 1 is 1.38 bits per heavy atom. The van der Waals surface area contributed by atoms with Gasteiger partial charge in [-0.25, -0.2) is 4.98 Å². The van der Waals surface area contributed by atoms with Gasteiger partial charge in [0.1, 0.15) is 10.7 Å². The van der Waals surface area contributed by atoms with Gasteiger partial charge in [0, 0.05) is 26.9 Å². The van der Waals surface area contributed by atoms with Crippen LogP contribution in [0.15, 0.2) is 26.6 Å². The Hall–Kier alpha value is -0.300. The van der Waals surface area contributed by atoms with Gasteiger partial charge in [0.25, 0.3) is 0 Å². The zero-order chi connectivity index (χ0) is 11.5. The summed E-state index contributed by atoms with van der Waals surface area (Å²) >= 11 is 8.44. The fraction of sp³-hybridized carbons (Fsp3) is 0.200. The van der Waals surface area contributed by atoms with Crippen LogP contribution in [0, 0.1) is 0 Å². The summed E-state index contributed by atoms with van der Waals surface area (Å²) in [6.07, 6.45) is 2.58. The van der Waals surface area contributed by atoms with Gasteiger partial charge in [-0.2, -0.15) is 0 Å². The van der Waals surface area contributed by atoms with Crippen molar-refractivity contribution in [1.29, 1.82) is 0 Å². The molecular weight excluding hydrogens is 354 g/mol. The molecule has 16 heavy (non-hydrogen) atoms. The first-order valence-electron chi connectivity index (χ1n) is 4.66. The normalized spacial score (nSPS) is 10.7. The first kappa shape index (κ1) is 12.2. The van der Waals surface area contributed by atoms with E-state index in [0.717, 1.165) is 31.8 Å². The molecule has 84 valence electrons. The van der Waals surface area contributed by atoms with Crippen LogP contribution in [0.5, 0.6) is 0 Å². The molecular formula is C10H9Br2N3S. The molecule has 2 aromatic heterocycles. The lowest BCUT2D eigenvalue weighted by molar-refractivity contribution is 0.935. The largest absolute Gasteiger partial charge is 0.330 e. The minimum atomic E-state index is 0.623. The van der Waals surface area contributed by atoms with Gasteiger partial charge in [0.15, 0.2) is 0 Å². The lowest BCUT2D eigenvalue weighted by Gasteiger charge is -1.99. The highest BCUT2D eigenvalue weighted by Crippen LogP contribution is 2.30. The SMILES string of the molecule is NCCc1csc(-c2ncc(Br)cc2Br)n1. The summed E-state index contributed by atoms with van der Waals surface area (Å²) in [6.45, 7) is 0.623. The average Bonchev–Trinajstić information content (AvgIpc) is 2.67. The maximum atomic E-state index is 5.49. The molecule has 6 heteroatoms. The van der Waals surface area contributed by atoms with E-state index in [1.165, 1.54) is 0 Å². The predicted octanol–water partition coefficient (Wildman–Crippen LogP) is 3.23. The first-order valence-corrected chi connectivity index (χ1v) is 7.13. The third-order valence-corrected chi connectivity index (χ3v) is 3.90. The van der Waals surface area contributed by atoms with E-state index in [2.05, 4.69) is 41.8 Å². The van der Waals surface area contributed by atoms with Crippen LogP contribution in [-0.2, 0) is 6.42 Å². The van der Waals surface area contributed by atoms with Crippen LogP contribution in [0.1, 0.15) is 5.69 Å². The van der Waals surface area contributed by atoms with E-state index < -0.39 is 0 Å². The zero-order valence-corrected chi connectivity index (χ0v) is 12.3. The third-order valence-electron chi connectivity index (χ3n) is 1.96. The molecule has 0 saturated heterocycles. The monoisotopic (exact) mass is 361 g/mol. The van der Waals surface area contributed by atoms with Crippen molar-refractivity contribution in [3.8, 4) is 10.7 Å². The highest BCUT2D eigenvalue weighted by atomic mass is 79.9. The second-order valence-electron chi connectivity index (χ2n) is 3.17. The van der Waals surface area contributed by atoms with Crippen molar-refractivity contribution in [3.05, 3.63) is 32.3 Å². The number of nitrogens with two attached hydrogens (primary N) is 1. The van der Waals surface area contributed by atoms with Crippen molar-refractivity contribution in [2.45, 2.75) is 6.42 Å². The summed E-state index contributed by atoms with van der Waals surface area (Å²) in [7, 11) is 0. The fourth-order valence-corrected chi connectivity index (χ4v) is 3.42. The second kappa shape index (κ2) is 5.35. The molecule has 0 amide bonds. The summed E-state index contributed by atoms with van der Waals surface area (Å²) in [6, 6.07) is 1.96. The summed E-state index contributed by atoms with van der Waals surface area (Å²) < 4.78 is 1.89. The van der Waals surface area contributed by atoms with Gasteiger partial charge in [-0.05, 0) is 44.5 Å². The van der Waals surface area contributed by atoms with Gasteiger partial charge in [0.2, 0.25) is 0 Å². The molecule has 0 spiro atoms. The summed E-state index contributed by atoms with van der Waals surface area (Å²) in [5.74, 6) is 0. The lowest BCUT2D eigenvalue weighted by atomic mass is 10.3. The maximum absolute atomic E-state index is 5.49. The van der Waals surface area contributed by atoms with E-state index in [9.17, 15) is 0 Å². The van der Waals surface area contributed by atoms with Gasteiger partial charge >= 0.3 is 0 Å². The van der Waals surface area contributed by atoms with Gasteiger partial charge in [-0.3, -0.25) is 4.98 Å². The Bertz CT molecular complexity index is 499. The Labute approximate surface area is 114 Å². The molecule has 0 aliphatic carbocycles. The Morgan fingerprint density at radius 2 is 2.19 bits per heavy atom. The smallest absolute Gasteiger partial charge is 0.143 e. The molecule has 2 rings (SSSR count). The van der Waals surface area contributed by atoms with Crippen LogP contribution in [0.25, 0.3) is 10.7 Å². The Morgan fingerprint density at radius 3 is 2.88 bits per heavy atom. The molecule has 0 aliphatic heterocycles. The molecule has 2 N–H and O–H groups in total. The minimum absolute atomic E-state index is 0.623. The molecule has 0 radical (unpaired) electrons. The number of nitrogens with zero attached hydrogens (tertiary/aromatic N) is 2. The van der Waals surface area contributed by atoms with Gasteiger partial charge in [-0.15, -0.1) is 11.3 Å². The zero-order valence-electron chi connectivity index (χ0n) is 8.28. The van der Waals surface area contributed by atoms with Crippen LogP contribution in [0.3, 0.4) is 0 Å². The Balaban J connectivity index is 2.35. The van der Waals surface area contributed by atoms with E-state index in [-0.39, 0.29) is 0 Å². The number of hydrogen-bond acceptors (Lipinski definition) is 4. The summed E-state index contributed by atoms with van der Waals surface area (Å²) in [5, 5.41) is 2.95. The van der Waals surface area contributed by atoms with Crippen LogP contribution in [-0.4, -0.2) is 16.5 Å². The van der Waals surface area contributed by atoms with Gasteiger partial charge < -0.3 is 5.73 Å². The molecule has 0 aliphatic rings. The average molecular weight is 363 g/mol. The number of pyridine rings is 1. The van der Waals surface area contributed by atoms with Crippen molar-refractivity contribution < 1.29 is 0 Å². The maximum Gasteiger partial charge on any atom is 0.143 e. The number of hydrogen-bond donors (Lipinski definition) is 1. The van der Waals surface area contributed by atoms with Crippen LogP contribution >= 0.6 is 43.2 Å². The van der Waals surface area contributed by atoms with Crippen LogP contribution in [0.2, 0.25) is 0 Å². The second-order valence-corrected chi connectivity index (χ2v) is 5.79. The lowest BCUT2D eigenvalue weighted by Crippen LogP contribution is -2.02. The molecule has 0 atom stereocenters. The topological polar surface area (TPSA) is 51.8 Å². The van der Waals surface area contributed by atoms with E-state index >= 15 is 0 Å². The number of halogens is 2. The van der Waals surface area contributed by atoms with E-state index in [1.54, 1.807) is 17.5 Å². The molecule has 2 aromatic rings. The van der Waals surface area contributed by atoms with E-state index in [0.29, 0.717) is 6.54 Å². The number of thiazole rings is 1. The molecule has 2 heterocycles. The van der Waals surface area contributed by atoms with Crippen molar-refractivity contribution in [2.24, 2.45) is 5.73 Å². The number of aromatic nitrogens is 2. The van der Waals surface area contributed by atoms with Gasteiger partial charge in [0.05, 0.1) is 5.69 Å². The van der Waals surface area contributed by atoms with Crippen molar-refractivity contribution in [3.63, 3.8) is 0 Å². The molecule has 3 nitrogen and oxygen atoms in total. The van der Waals surface area contributed by atoms with Crippen molar-refractivity contribution in [1.82, 2.24) is 9.97 Å². The Kier molecular flexibility index (Phi) is 4.07. The molecule has 0 unspecified atom stereocenters. The highest BCUT2D eigenvalue weighted by molar-refractivity contribution is 9.11. The minimum Gasteiger partial charge on any atom is -0.330 e. The molecule has 0 saturated carbocycles. The third kappa shape index (κ3) is 2.68. The quantitative estimate of drug-likeness (QED) is 0.911. The first-order chi connectivity index (χ1) is 7.70. The summed E-state index contributed by atoms with van der Waals surface area (Å²) in [5.41, 5.74) is 7.39. The van der Waals surface area contributed by atoms with Crippen LogP contribution in [0.4, 0.5) is 0 Å². The molecule has 0 aromatic carbocycles. The van der Waals surface area contributed by atoms with E-state index in [4.69, 9.17) is 5.73 Å². The van der Waals surface area contributed by atoms with Gasteiger partial charge in [-0.1, -0.05) is 0 Å². The van der Waals surface area contributed by atoms with Crippen LogP contribution < -0.4 is 5.73 Å². The number of rotatable bonds is 3. The molecule has 0 fully saturated rings. The molecule has 0 bridgehead atoms. The summed E-state index contributed by atoms with van der Waals surface area (Å²) in [4.78, 5) is 8.84. The fourth-order valence-electron chi connectivity index (χ4n) is 1.25. The highest BCUT2D eigenvalue weighted by Gasteiger charge is 2.09. The van der Waals surface area contributed by atoms with Crippen molar-refractivity contribution in [2.75, 3.05) is 6.54 Å². The standard InChI is InChI=1S/C10H9Br2N3S/c11-6-3-8(12)9(14-4-6)10-15-7(1-2-13)5-16-10/h3-5H,1-2,13H2.